The second-order valence-electron chi connectivity index (χ2n) is 8.14. The summed E-state index contributed by atoms with van der Waals surface area (Å²) in [6, 6.07) is 15.6. The zero-order valence-electron chi connectivity index (χ0n) is 18.7. The standard InChI is InChI=1S/C25H23F3N4O3/c26-25(27,28)20-7-10-22(30-15-20)35-21-8-5-19(6-9-21)24(34)32-13-11-31(12-14-32)16-17-1-3-18(4-2-17)23(29)33/h1-10,15H,11-14,16H2,(H2,29,33). The van der Waals surface area contributed by atoms with Gasteiger partial charge in [-0.3, -0.25) is 14.5 Å². The Kier molecular flexibility index (Phi) is 7.02. The molecule has 2 heterocycles. The van der Waals surface area contributed by atoms with E-state index < -0.39 is 17.6 Å². The lowest BCUT2D eigenvalue weighted by molar-refractivity contribution is -0.137. The minimum atomic E-state index is -4.46. The molecule has 0 radical (unpaired) electrons. The maximum absolute atomic E-state index is 12.9. The van der Waals surface area contributed by atoms with E-state index >= 15 is 0 Å². The molecule has 10 heteroatoms. The Morgan fingerprint density at radius 3 is 2.06 bits per heavy atom. The predicted octanol–water partition coefficient (Wildman–Crippen LogP) is 3.95. The Bertz CT molecular complexity index is 1170. The van der Waals surface area contributed by atoms with E-state index in [1.165, 1.54) is 0 Å². The van der Waals surface area contributed by atoms with Gasteiger partial charge in [-0.05, 0) is 48.0 Å². The summed E-state index contributed by atoms with van der Waals surface area (Å²) >= 11 is 0. The van der Waals surface area contributed by atoms with Crippen molar-refractivity contribution in [3.8, 4) is 11.6 Å². The maximum atomic E-state index is 12.9. The van der Waals surface area contributed by atoms with Gasteiger partial charge in [-0.1, -0.05) is 12.1 Å². The van der Waals surface area contributed by atoms with E-state index in [0.29, 0.717) is 55.8 Å². The van der Waals surface area contributed by atoms with Gasteiger partial charge in [0, 0.05) is 56.1 Å². The zero-order chi connectivity index (χ0) is 25.0. The van der Waals surface area contributed by atoms with Gasteiger partial charge in [0.05, 0.1) is 5.56 Å². The molecule has 2 aromatic carbocycles. The molecule has 1 fully saturated rings. The second-order valence-corrected chi connectivity index (χ2v) is 8.14. The minimum absolute atomic E-state index is 0.0254. The number of amides is 2. The Hall–Kier alpha value is -3.92. The highest BCUT2D eigenvalue weighted by Crippen LogP contribution is 2.30. The van der Waals surface area contributed by atoms with E-state index in [2.05, 4.69) is 9.88 Å². The minimum Gasteiger partial charge on any atom is -0.439 e. The molecule has 182 valence electrons. The number of nitrogens with two attached hydrogens (primary N) is 1. The molecule has 4 rings (SSSR count). The van der Waals surface area contributed by atoms with Crippen LogP contribution in [0.3, 0.4) is 0 Å². The second kappa shape index (κ2) is 10.1. The molecule has 0 atom stereocenters. The molecule has 0 unspecified atom stereocenters. The van der Waals surface area contributed by atoms with E-state index in [0.717, 1.165) is 17.7 Å². The number of halogens is 3. The smallest absolute Gasteiger partial charge is 0.417 e. The van der Waals surface area contributed by atoms with Crippen molar-refractivity contribution in [3.05, 3.63) is 89.1 Å². The zero-order valence-corrected chi connectivity index (χ0v) is 18.7. The Balaban J connectivity index is 1.28. The van der Waals surface area contributed by atoms with Gasteiger partial charge in [0.15, 0.2) is 0 Å². The number of piperazine rings is 1. The summed E-state index contributed by atoms with van der Waals surface area (Å²) in [6.45, 7) is 3.29. The summed E-state index contributed by atoms with van der Waals surface area (Å²) in [7, 11) is 0. The molecule has 1 aliphatic rings. The van der Waals surface area contributed by atoms with Gasteiger partial charge in [0.25, 0.3) is 5.91 Å². The topological polar surface area (TPSA) is 88.8 Å². The summed E-state index contributed by atoms with van der Waals surface area (Å²) < 4.78 is 43.4. The van der Waals surface area contributed by atoms with Crippen molar-refractivity contribution in [2.45, 2.75) is 12.7 Å². The number of aromatic nitrogens is 1. The molecule has 1 saturated heterocycles. The van der Waals surface area contributed by atoms with Crippen LogP contribution < -0.4 is 10.5 Å². The number of primary amides is 1. The molecule has 1 aromatic heterocycles. The van der Waals surface area contributed by atoms with Gasteiger partial charge >= 0.3 is 6.18 Å². The highest BCUT2D eigenvalue weighted by molar-refractivity contribution is 5.94. The fourth-order valence-electron chi connectivity index (χ4n) is 3.72. The monoisotopic (exact) mass is 484 g/mol. The first-order valence-corrected chi connectivity index (χ1v) is 10.9. The summed E-state index contributed by atoms with van der Waals surface area (Å²) in [5.74, 6) is -0.173. The van der Waals surface area contributed by atoms with Crippen molar-refractivity contribution in [1.82, 2.24) is 14.8 Å². The van der Waals surface area contributed by atoms with Crippen molar-refractivity contribution >= 4 is 11.8 Å². The quantitative estimate of drug-likeness (QED) is 0.573. The Morgan fingerprint density at radius 2 is 1.51 bits per heavy atom. The van der Waals surface area contributed by atoms with Gasteiger partial charge in [0.2, 0.25) is 11.8 Å². The van der Waals surface area contributed by atoms with E-state index in [1.807, 2.05) is 12.1 Å². The number of hydrogen-bond acceptors (Lipinski definition) is 5. The van der Waals surface area contributed by atoms with E-state index in [9.17, 15) is 22.8 Å². The molecule has 2 amide bonds. The summed E-state index contributed by atoms with van der Waals surface area (Å²) in [5, 5.41) is 0. The van der Waals surface area contributed by atoms with Crippen LogP contribution in [0.4, 0.5) is 13.2 Å². The number of pyridine rings is 1. The highest BCUT2D eigenvalue weighted by Gasteiger charge is 2.30. The number of nitrogens with zero attached hydrogens (tertiary/aromatic N) is 3. The van der Waals surface area contributed by atoms with Gasteiger partial charge in [-0.25, -0.2) is 4.98 Å². The molecule has 0 bridgehead atoms. The van der Waals surface area contributed by atoms with Crippen LogP contribution in [0.1, 0.15) is 31.8 Å². The summed E-state index contributed by atoms with van der Waals surface area (Å²) in [4.78, 5) is 31.8. The van der Waals surface area contributed by atoms with Crippen LogP contribution in [0, 0.1) is 0 Å². The van der Waals surface area contributed by atoms with E-state index in [-0.39, 0.29) is 11.8 Å². The third-order valence-electron chi connectivity index (χ3n) is 5.69. The fraction of sp³-hybridized carbons (Fsp3) is 0.240. The first-order valence-electron chi connectivity index (χ1n) is 10.9. The van der Waals surface area contributed by atoms with Gasteiger partial charge in [-0.2, -0.15) is 13.2 Å². The number of carbonyl (C=O) groups excluding carboxylic acids is 2. The van der Waals surface area contributed by atoms with Crippen LogP contribution >= 0.6 is 0 Å². The number of hydrogen-bond donors (Lipinski definition) is 1. The van der Waals surface area contributed by atoms with Crippen LogP contribution in [0.25, 0.3) is 0 Å². The molecule has 0 aliphatic carbocycles. The SMILES string of the molecule is NC(=O)c1ccc(CN2CCN(C(=O)c3ccc(Oc4ccc(C(F)(F)F)cn4)cc3)CC2)cc1. The van der Waals surface area contributed by atoms with Crippen LogP contribution in [-0.4, -0.2) is 52.8 Å². The van der Waals surface area contributed by atoms with Crippen LogP contribution in [0.2, 0.25) is 0 Å². The lowest BCUT2D eigenvalue weighted by Crippen LogP contribution is -2.48. The number of benzene rings is 2. The van der Waals surface area contributed by atoms with Crippen molar-refractivity contribution in [3.63, 3.8) is 0 Å². The average Bonchev–Trinajstić information content (AvgIpc) is 2.85. The van der Waals surface area contributed by atoms with Gasteiger partial charge in [0.1, 0.15) is 5.75 Å². The number of ether oxygens (including phenoxy) is 1. The first-order chi connectivity index (χ1) is 16.7. The van der Waals surface area contributed by atoms with E-state index in [1.54, 1.807) is 41.3 Å². The molecule has 0 saturated carbocycles. The van der Waals surface area contributed by atoms with Gasteiger partial charge < -0.3 is 15.4 Å². The van der Waals surface area contributed by atoms with E-state index in [4.69, 9.17) is 10.5 Å². The van der Waals surface area contributed by atoms with Crippen molar-refractivity contribution < 1.29 is 27.5 Å². The third kappa shape index (κ3) is 6.15. The Labute approximate surface area is 199 Å². The molecule has 3 aromatic rings. The lowest BCUT2D eigenvalue weighted by atomic mass is 10.1. The molecule has 7 nitrogen and oxygen atoms in total. The normalized spacial score (nSPS) is 14.5. The maximum Gasteiger partial charge on any atom is 0.417 e. The van der Waals surface area contributed by atoms with Crippen molar-refractivity contribution in [2.75, 3.05) is 26.2 Å². The van der Waals surface area contributed by atoms with Crippen LogP contribution in [0.15, 0.2) is 66.9 Å². The molecule has 2 N–H and O–H groups in total. The first kappa shape index (κ1) is 24.2. The van der Waals surface area contributed by atoms with Gasteiger partial charge in [-0.15, -0.1) is 0 Å². The molecule has 1 aliphatic heterocycles. The average molecular weight is 484 g/mol. The third-order valence-corrected chi connectivity index (χ3v) is 5.69. The molecule has 0 spiro atoms. The predicted molar refractivity (Wildman–Crippen MR) is 122 cm³/mol. The van der Waals surface area contributed by atoms with Crippen LogP contribution in [0.5, 0.6) is 11.6 Å². The Morgan fingerprint density at radius 1 is 0.886 bits per heavy atom. The number of alkyl halides is 3. The van der Waals surface area contributed by atoms with Crippen molar-refractivity contribution in [2.24, 2.45) is 5.73 Å². The molecular weight excluding hydrogens is 461 g/mol. The largest absolute Gasteiger partial charge is 0.439 e. The number of carbonyl (C=O) groups is 2. The molecular formula is C25H23F3N4O3. The molecule has 35 heavy (non-hydrogen) atoms. The number of rotatable bonds is 6. The van der Waals surface area contributed by atoms with Crippen LogP contribution in [-0.2, 0) is 12.7 Å². The lowest BCUT2D eigenvalue weighted by Gasteiger charge is -2.34. The van der Waals surface area contributed by atoms with Crippen molar-refractivity contribution in [1.29, 1.82) is 0 Å². The summed E-state index contributed by atoms with van der Waals surface area (Å²) in [6.07, 6.45) is -3.75. The fourth-order valence-corrected chi connectivity index (χ4v) is 3.72. The summed E-state index contributed by atoms with van der Waals surface area (Å²) in [5.41, 5.74) is 6.44. The highest BCUT2D eigenvalue weighted by atomic mass is 19.4.